The minimum absolute atomic E-state index is 0.0578. The number of anilines is 1. The molecule has 2 rings (SSSR count). The third kappa shape index (κ3) is 2.97. The molecule has 1 atom stereocenters. The van der Waals surface area contributed by atoms with E-state index in [4.69, 9.17) is 23.2 Å². The summed E-state index contributed by atoms with van der Waals surface area (Å²) in [5, 5.41) is 14.3. The van der Waals surface area contributed by atoms with E-state index in [1.54, 1.807) is 6.07 Å². The third-order valence-corrected chi connectivity index (χ3v) is 3.31. The van der Waals surface area contributed by atoms with Crippen LogP contribution in [0.2, 0.25) is 10.2 Å². The molecule has 0 aliphatic carbocycles. The largest absolute Gasteiger partial charge is 0.358 e. The molecule has 0 amide bonds. The molecule has 0 spiro atoms. The Hall–Kier alpha value is -1.92. The summed E-state index contributed by atoms with van der Waals surface area (Å²) in [6.45, 7) is 1.82. The number of rotatable bonds is 4. The minimum atomic E-state index is -0.621. The average molecular weight is 313 g/mol. The lowest BCUT2D eigenvalue weighted by atomic mass is 10.1. The van der Waals surface area contributed by atoms with Gasteiger partial charge in [-0.15, -0.1) is 0 Å². The Morgan fingerprint density at radius 1 is 1.30 bits per heavy atom. The van der Waals surface area contributed by atoms with Gasteiger partial charge in [0.25, 0.3) is 0 Å². The van der Waals surface area contributed by atoms with Crippen molar-refractivity contribution in [2.75, 3.05) is 5.32 Å². The first-order valence-electron chi connectivity index (χ1n) is 5.66. The molecule has 0 aliphatic heterocycles. The number of halogens is 2. The van der Waals surface area contributed by atoms with Gasteiger partial charge in [-0.25, -0.2) is 9.97 Å². The number of hydrogen-bond acceptors (Lipinski definition) is 5. The van der Waals surface area contributed by atoms with Crippen LogP contribution in [0.25, 0.3) is 0 Å². The molecular weight excluding hydrogens is 303 g/mol. The van der Waals surface area contributed by atoms with Crippen LogP contribution in [-0.2, 0) is 0 Å². The van der Waals surface area contributed by atoms with Gasteiger partial charge < -0.3 is 5.32 Å². The van der Waals surface area contributed by atoms with Crippen LogP contribution in [0, 0.1) is 10.1 Å². The zero-order chi connectivity index (χ0) is 14.7. The summed E-state index contributed by atoms with van der Waals surface area (Å²) < 4.78 is 0. The molecule has 1 N–H and O–H groups in total. The van der Waals surface area contributed by atoms with E-state index in [1.807, 2.05) is 25.1 Å². The first kappa shape index (κ1) is 14.5. The van der Waals surface area contributed by atoms with Gasteiger partial charge in [0.15, 0.2) is 0 Å². The highest BCUT2D eigenvalue weighted by molar-refractivity contribution is 6.32. The van der Waals surface area contributed by atoms with E-state index in [9.17, 15) is 10.1 Å². The summed E-state index contributed by atoms with van der Waals surface area (Å²) in [6, 6.07) is 6.95. The van der Waals surface area contributed by atoms with Crippen LogP contribution in [0.1, 0.15) is 18.5 Å². The third-order valence-electron chi connectivity index (χ3n) is 2.69. The highest BCUT2D eigenvalue weighted by atomic mass is 35.5. The van der Waals surface area contributed by atoms with Crippen LogP contribution in [0.5, 0.6) is 0 Å². The van der Waals surface area contributed by atoms with Crippen molar-refractivity contribution in [1.29, 1.82) is 0 Å². The fraction of sp³-hybridized carbons (Fsp3) is 0.167. The maximum absolute atomic E-state index is 11.0. The molecule has 2 aromatic rings. The van der Waals surface area contributed by atoms with Crippen molar-refractivity contribution >= 4 is 34.7 Å². The SMILES string of the molecule is CC(Nc1ncnc(Cl)c1[N+](=O)[O-])c1ccccc1Cl. The van der Waals surface area contributed by atoms with Crippen molar-refractivity contribution in [2.45, 2.75) is 13.0 Å². The fourth-order valence-electron chi connectivity index (χ4n) is 1.73. The number of hydrogen-bond donors (Lipinski definition) is 1. The topological polar surface area (TPSA) is 81.0 Å². The van der Waals surface area contributed by atoms with Crippen LogP contribution in [-0.4, -0.2) is 14.9 Å². The number of benzene rings is 1. The zero-order valence-electron chi connectivity index (χ0n) is 10.4. The number of nitro groups is 1. The Labute approximate surface area is 124 Å². The molecule has 0 radical (unpaired) electrons. The highest BCUT2D eigenvalue weighted by Crippen LogP contribution is 2.32. The van der Waals surface area contributed by atoms with E-state index in [1.165, 1.54) is 0 Å². The number of aromatic nitrogens is 2. The Balaban J connectivity index is 2.33. The molecule has 0 saturated carbocycles. The molecule has 20 heavy (non-hydrogen) atoms. The predicted octanol–water partition coefficient (Wildman–Crippen LogP) is 3.86. The first-order chi connectivity index (χ1) is 9.50. The van der Waals surface area contributed by atoms with Gasteiger partial charge in [0.05, 0.1) is 11.0 Å². The summed E-state index contributed by atoms with van der Waals surface area (Å²) in [6.07, 6.45) is 1.16. The van der Waals surface area contributed by atoms with Gasteiger partial charge >= 0.3 is 5.69 Å². The van der Waals surface area contributed by atoms with E-state index in [-0.39, 0.29) is 22.7 Å². The summed E-state index contributed by atoms with van der Waals surface area (Å²) in [5.74, 6) is 0.0578. The molecule has 1 aromatic heterocycles. The van der Waals surface area contributed by atoms with E-state index in [2.05, 4.69) is 15.3 Å². The second-order valence-corrected chi connectivity index (χ2v) is 4.77. The molecule has 8 heteroatoms. The second-order valence-electron chi connectivity index (χ2n) is 4.01. The van der Waals surface area contributed by atoms with Gasteiger partial charge in [-0.2, -0.15) is 0 Å². The standard InChI is InChI=1S/C12H10Cl2N4O2/c1-7(8-4-2-3-5-9(8)13)17-12-10(18(19)20)11(14)15-6-16-12/h2-7H,1H3,(H,15,16,17). The fourth-order valence-corrected chi connectivity index (χ4v) is 2.24. The smallest absolute Gasteiger partial charge is 0.348 e. The molecular formula is C12H10Cl2N4O2. The van der Waals surface area contributed by atoms with Crippen molar-refractivity contribution in [2.24, 2.45) is 0 Å². The van der Waals surface area contributed by atoms with Gasteiger partial charge in [0.1, 0.15) is 6.33 Å². The van der Waals surface area contributed by atoms with Gasteiger partial charge in [-0.1, -0.05) is 41.4 Å². The molecule has 0 aliphatic rings. The zero-order valence-corrected chi connectivity index (χ0v) is 11.9. The molecule has 104 valence electrons. The maximum atomic E-state index is 11.0. The highest BCUT2D eigenvalue weighted by Gasteiger charge is 2.23. The Bertz CT molecular complexity index is 651. The summed E-state index contributed by atoms with van der Waals surface area (Å²) in [7, 11) is 0. The molecule has 1 heterocycles. The molecule has 6 nitrogen and oxygen atoms in total. The minimum Gasteiger partial charge on any atom is -0.358 e. The van der Waals surface area contributed by atoms with Crippen LogP contribution in [0.4, 0.5) is 11.5 Å². The normalized spacial score (nSPS) is 11.9. The van der Waals surface area contributed by atoms with Crippen LogP contribution < -0.4 is 5.32 Å². The summed E-state index contributed by atoms with van der Waals surface area (Å²) in [5.41, 5.74) is 0.450. The van der Waals surface area contributed by atoms with Gasteiger partial charge in [0, 0.05) is 5.02 Å². The van der Waals surface area contributed by atoms with Crippen molar-refractivity contribution in [3.63, 3.8) is 0 Å². The maximum Gasteiger partial charge on any atom is 0.348 e. The van der Waals surface area contributed by atoms with Crippen molar-refractivity contribution < 1.29 is 4.92 Å². The lowest BCUT2D eigenvalue weighted by molar-refractivity contribution is -0.384. The number of nitrogens with zero attached hydrogens (tertiary/aromatic N) is 3. The Morgan fingerprint density at radius 2 is 2.00 bits per heavy atom. The predicted molar refractivity (Wildman–Crippen MR) is 77.2 cm³/mol. The summed E-state index contributed by atoms with van der Waals surface area (Å²) in [4.78, 5) is 17.9. The lowest BCUT2D eigenvalue weighted by Crippen LogP contribution is -2.11. The van der Waals surface area contributed by atoms with Gasteiger partial charge in [0.2, 0.25) is 11.0 Å². The number of nitrogens with one attached hydrogen (secondary N) is 1. The molecule has 1 unspecified atom stereocenters. The quantitative estimate of drug-likeness (QED) is 0.526. The van der Waals surface area contributed by atoms with Gasteiger partial charge in [-0.3, -0.25) is 10.1 Å². The van der Waals surface area contributed by atoms with Crippen LogP contribution in [0.3, 0.4) is 0 Å². The van der Waals surface area contributed by atoms with E-state index in [0.717, 1.165) is 11.9 Å². The van der Waals surface area contributed by atoms with E-state index < -0.39 is 4.92 Å². The average Bonchev–Trinajstić information content (AvgIpc) is 2.38. The van der Waals surface area contributed by atoms with Crippen LogP contribution in [0.15, 0.2) is 30.6 Å². The van der Waals surface area contributed by atoms with Crippen LogP contribution >= 0.6 is 23.2 Å². The van der Waals surface area contributed by atoms with Gasteiger partial charge in [-0.05, 0) is 18.6 Å². The Kier molecular flexibility index (Phi) is 4.36. The molecule has 1 aromatic carbocycles. The molecule has 0 saturated heterocycles. The first-order valence-corrected chi connectivity index (χ1v) is 6.42. The second kappa shape index (κ2) is 6.02. The van der Waals surface area contributed by atoms with Crippen molar-refractivity contribution in [3.05, 3.63) is 56.4 Å². The lowest BCUT2D eigenvalue weighted by Gasteiger charge is -2.16. The van der Waals surface area contributed by atoms with Crippen molar-refractivity contribution in [1.82, 2.24) is 9.97 Å². The molecule has 0 fully saturated rings. The van der Waals surface area contributed by atoms with E-state index >= 15 is 0 Å². The molecule has 0 bridgehead atoms. The Morgan fingerprint density at radius 3 is 2.65 bits per heavy atom. The summed E-state index contributed by atoms with van der Waals surface area (Å²) >= 11 is 11.8. The van der Waals surface area contributed by atoms with E-state index in [0.29, 0.717) is 5.02 Å². The van der Waals surface area contributed by atoms with Crippen molar-refractivity contribution in [3.8, 4) is 0 Å². The monoisotopic (exact) mass is 312 g/mol.